The van der Waals surface area contributed by atoms with Gasteiger partial charge in [-0.05, 0) is 31.0 Å². The molecule has 1 aromatic carbocycles. The highest BCUT2D eigenvalue weighted by Crippen LogP contribution is 2.16. The minimum Gasteiger partial charge on any atom is -0.487 e. The second kappa shape index (κ2) is 5.12. The molecule has 0 aliphatic carbocycles. The van der Waals surface area contributed by atoms with Crippen LogP contribution in [0.1, 0.15) is 23.2 Å². The summed E-state index contributed by atoms with van der Waals surface area (Å²) in [5.74, 6) is 0.921. The van der Waals surface area contributed by atoms with E-state index in [2.05, 4.69) is 24.0 Å². The van der Waals surface area contributed by atoms with Crippen LogP contribution < -0.4 is 4.74 Å². The highest BCUT2D eigenvalue weighted by Gasteiger charge is 2.00. The van der Waals surface area contributed by atoms with Crippen molar-refractivity contribution >= 4 is 11.3 Å². The maximum atomic E-state index is 5.69. The number of nitrogens with zero attached hydrogens (tertiary/aromatic N) is 1. The lowest BCUT2D eigenvalue weighted by Gasteiger charge is -2.05. The first kappa shape index (κ1) is 11.1. The Balaban J connectivity index is 1.99. The molecule has 0 atom stereocenters. The van der Waals surface area contributed by atoms with E-state index < -0.39 is 0 Å². The number of hydrogen-bond donors (Lipinski definition) is 0. The number of ether oxygens (including phenoxy) is 1. The van der Waals surface area contributed by atoms with Gasteiger partial charge in [0.05, 0.1) is 10.7 Å². The predicted molar refractivity (Wildman–Crippen MR) is 67.0 cm³/mol. The van der Waals surface area contributed by atoms with Crippen molar-refractivity contribution in [3.63, 3.8) is 0 Å². The third-order valence-electron chi connectivity index (χ3n) is 2.36. The Bertz CT molecular complexity index is 464. The van der Waals surface area contributed by atoms with Crippen LogP contribution in [-0.2, 0) is 13.0 Å². The second-order valence-corrected chi connectivity index (χ2v) is 4.71. The van der Waals surface area contributed by atoms with Gasteiger partial charge in [0.1, 0.15) is 12.4 Å². The molecule has 0 unspecified atom stereocenters. The van der Waals surface area contributed by atoms with E-state index in [9.17, 15) is 0 Å². The Morgan fingerprint density at radius 1 is 1.38 bits per heavy atom. The zero-order valence-electron chi connectivity index (χ0n) is 9.56. The minimum atomic E-state index is 0.553. The van der Waals surface area contributed by atoms with Crippen LogP contribution in [0.25, 0.3) is 0 Å². The summed E-state index contributed by atoms with van der Waals surface area (Å²) in [7, 11) is 0. The van der Waals surface area contributed by atoms with Crippen molar-refractivity contribution in [2.24, 2.45) is 0 Å². The topological polar surface area (TPSA) is 22.1 Å². The number of rotatable bonds is 4. The fourth-order valence-corrected chi connectivity index (χ4v) is 2.08. The van der Waals surface area contributed by atoms with Crippen molar-refractivity contribution in [1.82, 2.24) is 4.98 Å². The Morgan fingerprint density at radius 3 is 2.94 bits per heavy atom. The van der Waals surface area contributed by atoms with Crippen molar-refractivity contribution in [2.45, 2.75) is 26.9 Å². The summed E-state index contributed by atoms with van der Waals surface area (Å²) in [6.07, 6.45) is 1.03. The molecular formula is C13H15NOS. The number of aryl methyl sites for hydroxylation is 2. The molecule has 0 saturated heterocycles. The van der Waals surface area contributed by atoms with Crippen LogP contribution in [0.5, 0.6) is 5.75 Å². The first-order valence-electron chi connectivity index (χ1n) is 5.40. The van der Waals surface area contributed by atoms with E-state index in [0.717, 1.165) is 22.9 Å². The summed E-state index contributed by atoms with van der Waals surface area (Å²) in [4.78, 5) is 4.36. The molecule has 0 amide bonds. The molecule has 0 aliphatic heterocycles. The molecule has 2 nitrogen and oxygen atoms in total. The molecule has 0 aliphatic rings. The molecule has 1 heterocycles. The van der Waals surface area contributed by atoms with Crippen LogP contribution in [0.15, 0.2) is 29.6 Å². The van der Waals surface area contributed by atoms with Crippen LogP contribution in [-0.4, -0.2) is 4.98 Å². The lowest BCUT2D eigenvalue weighted by Crippen LogP contribution is -1.96. The summed E-state index contributed by atoms with van der Waals surface area (Å²) in [5, 5.41) is 3.12. The number of thiazole rings is 1. The average Bonchev–Trinajstić information content (AvgIpc) is 2.73. The molecule has 0 saturated carbocycles. The fraction of sp³-hybridized carbons (Fsp3) is 0.308. The molecule has 0 N–H and O–H groups in total. The van der Waals surface area contributed by atoms with Gasteiger partial charge in [-0.2, -0.15) is 0 Å². The largest absolute Gasteiger partial charge is 0.487 e. The van der Waals surface area contributed by atoms with E-state index in [1.807, 2.05) is 24.4 Å². The zero-order valence-corrected chi connectivity index (χ0v) is 10.4. The smallest absolute Gasteiger partial charge is 0.131 e. The van der Waals surface area contributed by atoms with Crippen molar-refractivity contribution in [1.29, 1.82) is 0 Å². The first-order valence-corrected chi connectivity index (χ1v) is 6.28. The Hall–Kier alpha value is -1.35. The SMILES string of the molecule is CCc1cccc(OCc2csc(C)n2)c1. The van der Waals surface area contributed by atoms with Crippen molar-refractivity contribution in [2.75, 3.05) is 0 Å². The van der Waals surface area contributed by atoms with Crippen molar-refractivity contribution < 1.29 is 4.74 Å². The van der Waals surface area contributed by atoms with Crippen LogP contribution in [0.2, 0.25) is 0 Å². The molecule has 0 fully saturated rings. The van der Waals surface area contributed by atoms with Crippen LogP contribution >= 0.6 is 11.3 Å². The Morgan fingerprint density at radius 2 is 2.25 bits per heavy atom. The molecule has 84 valence electrons. The molecule has 0 bridgehead atoms. The van der Waals surface area contributed by atoms with E-state index >= 15 is 0 Å². The molecule has 0 spiro atoms. The predicted octanol–water partition coefficient (Wildman–Crippen LogP) is 3.59. The Kier molecular flexibility index (Phi) is 3.57. The zero-order chi connectivity index (χ0) is 11.4. The van der Waals surface area contributed by atoms with E-state index in [1.165, 1.54) is 5.56 Å². The summed E-state index contributed by atoms with van der Waals surface area (Å²) in [5.41, 5.74) is 2.30. The summed E-state index contributed by atoms with van der Waals surface area (Å²) >= 11 is 1.66. The lowest BCUT2D eigenvalue weighted by molar-refractivity contribution is 0.301. The summed E-state index contributed by atoms with van der Waals surface area (Å²) < 4.78 is 5.69. The first-order chi connectivity index (χ1) is 7.78. The second-order valence-electron chi connectivity index (χ2n) is 3.65. The average molecular weight is 233 g/mol. The standard InChI is InChI=1S/C13H15NOS/c1-3-11-5-4-6-13(7-11)15-8-12-9-16-10(2)14-12/h4-7,9H,3,8H2,1-2H3. The molecule has 16 heavy (non-hydrogen) atoms. The summed E-state index contributed by atoms with van der Waals surface area (Å²) in [6.45, 7) is 4.70. The number of hydrogen-bond acceptors (Lipinski definition) is 3. The van der Waals surface area contributed by atoms with Crippen molar-refractivity contribution in [3.8, 4) is 5.75 Å². The molecule has 0 radical (unpaired) electrons. The molecular weight excluding hydrogens is 218 g/mol. The highest BCUT2D eigenvalue weighted by atomic mass is 32.1. The molecule has 2 aromatic rings. The van der Waals surface area contributed by atoms with Gasteiger partial charge in [-0.15, -0.1) is 11.3 Å². The monoisotopic (exact) mass is 233 g/mol. The molecule has 1 aromatic heterocycles. The Labute approximate surface area is 99.9 Å². The van der Waals surface area contributed by atoms with Gasteiger partial charge >= 0.3 is 0 Å². The van der Waals surface area contributed by atoms with Crippen molar-refractivity contribution in [3.05, 3.63) is 45.9 Å². The van der Waals surface area contributed by atoms with Gasteiger partial charge in [0.25, 0.3) is 0 Å². The van der Waals surface area contributed by atoms with Crippen LogP contribution in [0.4, 0.5) is 0 Å². The van der Waals surface area contributed by atoms with Gasteiger partial charge in [-0.25, -0.2) is 4.98 Å². The van der Waals surface area contributed by atoms with Gasteiger partial charge < -0.3 is 4.74 Å². The third kappa shape index (κ3) is 2.83. The maximum Gasteiger partial charge on any atom is 0.131 e. The van der Waals surface area contributed by atoms with Gasteiger partial charge in [0, 0.05) is 5.38 Å². The summed E-state index contributed by atoms with van der Waals surface area (Å²) in [6, 6.07) is 8.21. The number of benzene rings is 1. The lowest BCUT2D eigenvalue weighted by atomic mass is 10.2. The maximum absolute atomic E-state index is 5.69. The van der Waals surface area contributed by atoms with Gasteiger partial charge in [0.2, 0.25) is 0 Å². The highest BCUT2D eigenvalue weighted by molar-refractivity contribution is 7.09. The van der Waals surface area contributed by atoms with Gasteiger partial charge in [0.15, 0.2) is 0 Å². The van der Waals surface area contributed by atoms with E-state index in [4.69, 9.17) is 4.74 Å². The van der Waals surface area contributed by atoms with Crippen LogP contribution in [0.3, 0.4) is 0 Å². The number of aromatic nitrogens is 1. The van der Waals surface area contributed by atoms with Crippen LogP contribution in [0, 0.1) is 6.92 Å². The third-order valence-corrected chi connectivity index (χ3v) is 3.18. The van der Waals surface area contributed by atoms with E-state index in [-0.39, 0.29) is 0 Å². The fourth-order valence-electron chi connectivity index (χ4n) is 1.49. The van der Waals surface area contributed by atoms with E-state index in [1.54, 1.807) is 11.3 Å². The van der Waals surface area contributed by atoms with Gasteiger partial charge in [-0.1, -0.05) is 19.1 Å². The molecule has 2 rings (SSSR count). The molecule has 3 heteroatoms. The van der Waals surface area contributed by atoms with Gasteiger partial charge in [-0.3, -0.25) is 0 Å². The normalized spacial score (nSPS) is 10.4. The quantitative estimate of drug-likeness (QED) is 0.805. The van der Waals surface area contributed by atoms with E-state index in [0.29, 0.717) is 6.61 Å². The minimum absolute atomic E-state index is 0.553.